The van der Waals surface area contributed by atoms with Crippen LogP contribution in [0.5, 0.6) is 0 Å². The van der Waals surface area contributed by atoms with Crippen LogP contribution in [0.1, 0.15) is 24.9 Å². The summed E-state index contributed by atoms with van der Waals surface area (Å²) >= 11 is 6.07. The lowest BCUT2D eigenvalue weighted by Crippen LogP contribution is -2.41. The predicted molar refractivity (Wildman–Crippen MR) is 81.5 cm³/mol. The second kappa shape index (κ2) is 8.93. The van der Waals surface area contributed by atoms with E-state index in [-0.39, 0.29) is 12.1 Å². The molecule has 0 radical (unpaired) electrons. The van der Waals surface area contributed by atoms with Crippen LogP contribution in [0.3, 0.4) is 0 Å². The Morgan fingerprint density at radius 1 is 1.45 bits per heavy atom. The van der Waals surface area contributed by atoms with Crippen LogP contribution in [0, 0.1) is 11.3 Å². The van der Waals surface area contributed by atoms with Crippen LogP contribution in [-0.2, 0) is 4.74 Å². The van der Waals surface area contributed by atoms with Gasteiger partial charge in [0.1, 0.15) is 0 Å². The van der Waals surface area contributed by atoms with Gasteiger partial charge in [0.25, 0.3) is 0 Å². The van der Waals surface area contributed by atoms with Gasteiger partial charge in [0.15, 0.2) is 0 Å². The minimum absolute atomic E-state index is 0.0252. The van der Waals surface area contributed by atoms with Crippen molar-refractivity contribution in [2.75, 3.05) is 26.8 Å². The van der Waals surface area contributed by atoms with E-state index >= 15 is 0 Å². The topological polar surface area (TPSA) is 62.3 Å². The Kier molecular flexibility index (Phi) is 7.56. The Hall–Kier alpha value is -1.12. The Balaban J connectivity index is 2.97. The zero-order chi connectivity index (χ0) is 15.0. The van der Waals surface area contributed by atoms with Crippen molar-refractivity contribution >= 4 is 11.6 Å². The van der Waals surface area contributed by atoms with Crippen molar-refractivity contribution < 1.29 is 4.74 Å². The second-order valence-electron chi connectivity index (χ2n) is 4.80. The number of nitrogens with two attached hydrogens (primary N) is 1. The average Bonchev–Trinajstić information content (AvgIpc) is 2.41. The molecule has 0 aliphatic heterocycles. The van der Waals surface area contributed by atoms with Crippen molar-refractivity contribution in [2.45, 2.75) is 25.4 Å². The van der Waals surface area contributed by atoms with E-state index in [0.717, 1.165) is 12.1 Å². The second-order valence-corrected chi connectivity index (χ2v) is 5.23. The van der Waals surface area contributed by atoms with Gasteiger partial charge in [0.05, 0.1) is 12.7 Å². The molecule has 2 unspecified atom stereocenters. The fourth-order valence-electron chi connectivity index (χ4n) is 2.33. The van der Waals surface area contributed by atoms with Gasteiger partial charge in [-0.15, -0.1) is 0 Å². The highest BCUT2D eigenvalue weighted by atomic mass is 35.5. The Bertz CT molecular complexity index is 445. The van der Waals surface area contributed by atoms with E-state index in [2.05, 4.69) is 11.0 Å². The largest absolute Gasteiger partial charge is 0.383 e. The summed E-state index contributed by atoms with van der Waals surface area (Å²) in [5.74, 6) is 0. The molecule has 1 aromatic rings. The molecule has 0 aliphatic carbocycles. The van der Waals surface area contributed by atoms with Gasteiger partial charge in [0.2, 0.25) is 0 Å². The van der Waals surface area contributed by atoms with Crippen LogP contribution in [-0.4, -0.2) is 37.7 Å². The van der Waals surface area contributed by atoms with Gasteiger partial charge in [-0.3, -0.25) is 4.90 Å². The fourth-order valence-corrected chi connectivity index (χ4v) is 2.53. The normalized spacial score (nSPS) is 14.0. The van der Waals surface area contributed by atoms with Crippen molar-refractivity contribution in [1.82, 2.24) is 4.90 Å². The molecule has 0 amide bonds. The van der Waals surface area contributed by atoms with Gasteiger partial charge in [-0.05, 0) is 24.6 Å². The number of hydrogen-bond donors (Lipinski definition) is 1. The third-order valence-electron chi connectivity index (χ3n) is 3.18. The summed E-state index contributed by atoms with van der Waals surface area (Å²) in [5.41, 5.74) is 7.23. The first-order valence-corrected chi connectivity index (χ1v) is 7.09. The standard InChI is InChI=1S/C15H22ClN3O/c1-12(18)15(13-5-3-6-14(16)11-13)19(8-4-7-17)9-10-20-2/h3,5-6,11-12,15H,4,8-10,18H2,1-2H3. The number of nitrogens with zero attached hydrogens (tertiary/aromatic N) is 2. The van der Waals surface area contributed by atoms with Gasteiger partial charge in [-0.1, -0.05) is 23.7 Å². The van der Waals surface area contributed by atoms with Gasteiger partial charge in [-0.2, -0.15) is 5.26 Å². The van der Waals surface area contributed by atoms with Crippen LogP contribution in [0.25, 0.3) is 0 Å². The molecule has 0 heterocycles. The lowest BCUT2D eigenvalue weighted by molar-refractivity contribution is 0.112. The number of methoxy groups -OCH3 is 1. The summed E-state index contributed by atoms with van der Waals surface area (Å²) in [6.07, 6.45) is 0.466. The van der Waals surface area contributed by atoms with Crippen molar-refractivity contribution in [1.29, 1.82) is 5.26 Å². The first-order valence-electron chi connectivity index (χ1n) is 6.71. The highest BCUT2D eigenvalue weighted by Crippen LogP contribution is 2.26. The summed E-state index contributed by atoms with van der Waals surface area (Å²) in [5, 5.41) is 9.51. The molecule has 0 spiro atoms. The van der Waals surface area contributed by atoms with E-state index in [1.807, 2.05) is 31.2 Å². The quantitative estimate of drug-likeness (QED) is 0.801. The van der Waals surface area contributed by atoms with Crippen LogP contribution in [0.15, 0.2) is 24.3 Å². The molecule has 0 bridgehead atoms. The average molecular weight is 296 g/mol. The third-order valence-corrected chi connectivity index (χ3v) is 3.41. The Morgan fingerprint density at radius 2 is 2.20 bits per heavy atom. The van der Waals surface area contributed by atoms with Gasteiger partial charge < -0.3 is 10.5 Å². The van der Waals surface area contributed by atoms with Gasteiger partial charge in [0, 0.05) is 43.7 Å². The van der Waals surface area contributed by atoms with Crippen LogP contribution in [0.4, 0.5) is 0 Å². The lowest BCUT2D eigenvalue weighted by Gasteiger charge is -2.34. The first kappa shape index (κ1) is 16.9. The minimum Gasteiger partial charge on any atom is -0.383 e. The monoisotopic (exact) mass is 295 g/mol. The summed E-state index contributed by atoms with van der Waals surface area (Å²) in [4.78, 5) is 2.18. The molecule has 2 atom stereocenters. The lowest BCUT2D eigenvalue weighted by atomic mass is 9.99. The number of rotatable bonds is 8. The molecule has 1 aromatic carbocycles. The fraction of sp³-hybridized carbons (Fsp3) is 0.533. The number of halogens is 1. The molecule has 5 heteroatoms. The van der Waals surface area contributed by atoms with Crippen molar-refractivity contribution in [2.24, 2.45) is 5.73 Å². The summed E-state index contributed by atoms with van der Waals surface area (Å²) in [6, 6.07) is 9.86. The molecule has 0 fully saturated rings. The summed E-state index contributed by atoms with van der Waals surface area (Å²) in [7, 11) is 1.67. The smallest absolute Gasteiger partial charge is 0.0635 e. The molecule has 20 heavy (non-hydrogen) atoms. The van der Waals surface area contributed by atoms with Crippen molar-refractivity contribution in [3.63, 3.8) is 0 Å². The molecule has 0 saturated heterocycles. The highest BCUT2D eigenvalue weighted by Gasteiger charge is 2.23. The first-order chi connectivity index (χ1) is 9.60. The molecular weight excluding hydrogens is 274 g/mol. The van der Waals surface area contributed by atoms with Crippen LogP contribution in [0.2, 0.25) is 5.02 Å². The molecule has 0 saturated carbocycles. The number of hydrogen-bond acceptors (Lipinski definition) is 4. The molecule has 0 aromatic heterocycles. The SMILES string of the molecule is COCCN(CCC#N)C(c1cccc(Cl)c1)C(C)N. The minimum atomic E-state index is -0.0657. The molecule has 0 aliphatic rings. The molecule has 4 nitrogen and oxygen atoms in total. The van der Waals surface area contributed by atoms with E-state index in [1.54, 1.807) is 7.11 Å². The van der Waals surface area contributed by atoms with E-state index in [4.69, 9.17) is 27.3 Å². The summed E-state index contributed by atoms with van der Waals surface area (Å²) in [6.45, 7) is 3.97. The van der Waals surface area contributed by atoms with E-state index in [9.17, 15) is 0 Å². The maximum Gasteiger partial charge on any atom is 0.0635 e. The maximum absolute atomic E-state index is 8.82. The van der Waals surface area contributed by atoms with Crippen LogP contribution < -0.4 is 5.73 Å². The number of benzene rings is 1. The number of ether oxygens (including phenoxy) is 1. The van der Waals surface area contributed by atoms with Gasteiger partial charge >= 0.3 is 0 Å². The Morgan fingerprint density at radius 3 is 2.75 bits per heavy atom. The highest BCUT2D eigenvalue weighted by molar-refractivity contribution is 6.30. The molecule has 2 N–H and O–H groups in total. The predicted octanol–water partition coefficient (Wildman–Crippen LogP) is 2.59. The Labute approximate surface area is 126 Å². The number of nitriles is 1. The summed E-state index contributed by atoms with van der Waals surface area (Å²) < 4.78 is 5.15. The maximum atomic E-state index is 8.82. The zero-order valence-corrected chi connectivity index (χ0v) is 12.8. The van der Waals surface area contributed by atoms with Crippen LogP contribution >= 0.6 is 11.6 Å². The van der Waals surface area contributed by atoms with Gasteiger partial charge in [-0.25, -0.2) is 0 Å². The molecular formula is C15H22ClN3O. The van der Waals surface area contributed by atoms with Crippen molar-refractivity contribution in [3.05, 3.63) is 34.9 Å². The molecule has 110 valence electrons. The van der Waals surface area contributed by atoms with E-state index < -0.39 is 0 Å². The molecule has 1 rings (SSSR count). The zero-order valence-electron chi connectivity index (χ0n) is 12.1. The van der Waals surface area contributed by atoms with E-state index in [0.29, 0.717) is 24.6 Å². The third kappa shape index (κ3) is 5.10. The van der Waals surface area contributed by atoms with E-state index in [1.165, 1.54) is 0 Å². The van der Waals surface area contributed by atoms with Crippen molar-refractivity contribution in [3.8, 4) is 6.07 Å².